The summed E-state index contributed by atoms with van der Waals surface area (Å²) in [6.07, 6.45) is 2.66. The molecule has 21 nitrogen and oxygen atoms in total. The second-order valence-electron chi connectivity index (χ2n) is 16.0. The summed E-state index contributed by atoms with van der Waals surface area (Å²) in [7, 11) is -18.4. The largest absolute Gasteiger partial charge is 0.390 e. The van der Waals surface area contributed by atoms with Crippen LogP contribution < -0.4 is 4.90 Å². The molecule has 1 saturated heterocycles. The maximum atomic E-state index is 12.4. The summed E-state index contributed by atoms with van der Waals surface area (Å²) in [5.74, 6) is -3.51. The second-order valence-corrected chi connectivity index (χ2v) is 22.0. The maximum Gasteiger partial charge on any atom is 0.335 e. The molecule has 3 heterocycles. The van der Waals surface area contributed by atoms with Crippen molar-refractivity contribution in [1.82, 2.24) is 5.06 Å². The third-order valence-corrected chi connectivity index (χ3v) is 14.6. The summed E-state index contributed by atoms with van der Waals surface area (Å²) >= 11 is 0. The molecule has 25 heteroatoms. The number of carbonyl (C=O) groups is 3. The van der Waals surface area contributed by atoms with E-state index in [4.69, 9.17) is 9.57 Å². The van der Waals surface area contributed by atoms with Gasteiger partial charge in [-0.15, -0.1) is 5.06 Å². The lowest BCUT2D eigenvalue weighted by Crippen LogP contribution is -2.33. The van der Waals surface area contributed by atoms with Gasteiger partial charge in [-0.2, -0.15) is 38.2 Å². The zero-order valence-electron chi connectivity index (χ0n) is 35.0. The van der Waals surface area contributed by atoms with Crippen LogP contribution in [0.2, 0.25) is 0 Å². The number of hydrogen-bond donors (Lipinski definition) is 5. The summed E-state index contributed by atoms with van der Waals surface area (Å²) in [5, 5.41) is 10.6. The van der Waals surface area contributed by atoms with Gasteiger partial charge in [0.2, 0.25) is 5.69 Å². The third-order valence-electron chi connectivity index (χ3n) is 11.3. The van der Waals surface area contributed by atoms with Crippen LogP contribution in [0.15, 0.2) is 69.6 Å². The van der Waals surface area contributed by atoms with Crippen molar-refractivity contribution in [3.63, 3.8) is 0 Å². The number of fused-ring (bicyclic) bond motifs is 2. The monoisotopic (exact) mass is 976 g/mol. The van der Waals surface area contributed by atoms with Crippen LogP contribution in [0.25, 0.3) is 0 Å². The van der Waals surface area contributed by atoms with E-state index in [1.807, 2.05) is 0 Å². The summed E-state index contributed by atoms with van der Waals surface area (Å²) in [6.45, 7) is 4.39. The van der Waals surface area contributed by atoms with Crippen LogP contribution in [-0.4, -0.2) is 135 Å². The van der Waals surface area contributed by atoms with E-state index in [-0.39, 0.29) is 71.2 Å². The molecule has 2 atom stereocenters. The van der Waals surface area contributed by atoms with Gasteiger partial charge in [0.1, 0.15) is 6.61 Å². The Morgan fingerprint density at radius 2 is 1.34 bits per heavy atom. The molecule has 3 aliphatic heterocycles. The van der Waals surface area contributed by atoms with Crippen molar-refractivity contribution >= 4 is 75.3 Å². The molecule has 352 valence electrons. The Balaban J connectivity index is 1.60. The van der Waals surface area contributed by atoms with E-state index in [1.54, 1.807) is 42.4 Å². The fourth-order valence-electron chi connectivity index (χ4n) is 8.33. The summed E-state index contributed by atoms with van der Waals surface area (Å²) in [6, 6.07) is 7.70. The van der Waals surface area contributed by atoms with Crippen LogP contribution in [0.4, 0.5) is 11.4 Å². The molecule has 64 heavy (non-hydrogen) atoms. The first kappa shape index (κ1) is 50.6. The number of allylic oxidation sites excluding steroid dienone is 4. The predicted molar refractivity (Wildman–Crippen MR) is 227 cm³/mol. The molecule has 0 aromatic heterocycles. The van der Waals surface area contributed by atoms with Gasteiger partial charge in [0.05, 0.1) is 46.3 Å². The standard InChI is InChI=1S/C39H49N3O18S4/c1-26(22-33-38(2,13-4-20-61(47,48)49)29-24-27(63(53,54)55)6-8-31(29)40(33)15-17-43)23-34-39(3,14-5-21-62(50,51)52)30-25-28(64(56,57)58)7-9-32(30)41(34)16-19-59-18-12-37(46)60-42-35(44)10-11-36(42)45/h6-9,22-25,43H,4-5,10-21H2,1-3H3,(H3-,47,48,49,50,51,52,53,54,55,56,57,58)/p+1. The molecule has 0 saturated carbocycles. The van der Waals surface area contributed by atoms with Crippen molar-refractivity contribution in [2.45, 2.75) is 86.3 Å². The highest BCUT2D eigenvalue weighted by Crippen LogP contribution is 2.52. The van der Waals surface area contributed by atoms with E-state index in [1.165, 1.54) is 36.4 Å². The van der Waals surface area contributed by atoms with Crippen LogP contribution in [0.1, 0.15) is 76.8 Å². The first-order valence-corrected chi connectivity index (χ1v) is 25.9. The lowest BCUT2D eigenvalue weighted by Gasteiger charge is -2.31. The molecule has 2 aromatic rings. The smallest absolute Gasteiger partial charge is 0.335 e. The summed E-state index contributed by atoms with van der Waals surface area (Å²) in [4.78, 5) is 41.9. The average molecular weight is 977 g/mol. The van der Waals surface area contributed by atoms with E-state index < -0.39 is 97.0 Å². The minimum atomic E-state index is -4.76. The number of rotatable bonds is 21. The maximum absolute atomic E-state index is 12.4. The number of β-amino-alcohol motifs (C(OH)–C–C–N with tert-alkyl or cyclic N) is 1. The van der Waals surface area contributed by atoms with Gasteiger partial charge >= 0.3 is 5.97 Å². The highest BCUT2D eigenvalue weighted by molar-refractivity contribution is 7.86. The van der Waals surface area contributed by atoms with Crippen LogP contribution in [0.3, 0.4) is 0 Å². The van der Waals surface area contributed by atoms with Crippen LogP contribution in [0.5, 0.6) is 0 Å². The van der Waals surface area contributed by atoms with E-state index in [0.29, 0.717) is 44.5 Å². The molecule has 0 bridgehead atoms. The number of aliphatic hydroxyl groups excluding tert-OH is 1. The highest BCUT2D eigenvalue weighted by Gasteiger charge is 2.49. The number of imide groups is 1. The van der Waals surface area contributed by atoms with Crippen molar-refractivity contribution in [2.75, 3.05) is 49.3 Å². The molecule has 5 N–H and O–H groups in total. The SMILES string of the molecule is CC(=CC1=[N+](CCO)c2ccc(S(=O)(=O)O)cc2C1(C)CCCS(=O)(=O)O)C=C1N(CCOCCC(=O)ON2C(=O)CCC2=O)c2ccc(S(=O)(=O)O)cc2C1(C)CCCS(=O)(=O)O. The Hall–Kier alpha value is -4.44. The van der Waals surface area contributed by atoms with E-state index in [0.717, 1.165) is 0 Å². The first-order valence-electron chi connectivity index (χ1n) is 19.8. The van der Waals surface area contributed by atoms with Crippen LogP contribution >= 0.6 is 0 Å². The number of benzene rings is 2. The zero-order chi connectivity index (χ0) is 47.6. The Morgan fingerprint density at radius 1 is 0.797 bits per heavy atom. The van der Waals surface area contributed by atoms with Gasteiger partial charge in [-0.3, -0.25) is 27.8 Å². The van der Waals surface area contributed by atoms with Crippen molar-refractivity contribution in [2.24, 2.45) is 0 Å². The fraction of sp³-hybridized carbons (Fsp3) is 0.487. The van der Waals surface area contributed by atoms with Crippen molar-refractivity contribution < 1.29 is 85.5 Å². The summed E-state index contributed by atoms with van der Waals surface area (Å²) < 4.78 is 143. The number of hydroxylamine groups is 2. The quantitative estimate of drug-likeness (QED) is 0.0519. The number of hydrogen-bond acceptors (Lipinski definition) is 15. The number of amides is 2. The van der Waals surface area contributed by atoms with Crippen molar-refractivity contribution in [3.05, 3.63) is 70.9 Å². The van der Waals surface area contributed by atoms with Gasteiger partial charge in [0.25, 0.3) is 52.3 Å². The molecule has 2 aromatic carbocycles. The number of carbonyl (C=O) groups excluding carboxylic acids is 3. The van der Waals surface area contributed by atoms with Gasteiger partial charge in [-0.1, -0.05) is 0 Å². The molecule has 3 aliphatic rings. The Morgan fingerprint density at radius 3 is 1.89 bits per heavy atom. The third kappa shape index (κ3) is 11.7. The highest BCUT2D eigenvalue weighted by atomic mass is 32.2. The molecule has 2 amide bonds. The Kier molecular flexibility index (Phi) is 15.2. The van der Waals surface area contributed by atoms with Crippen LogP contribution in [-0.2, 0) is 75.3 Å². The Labute approximate surface area is 371 Å². The lowest BCUT2D eigenvalue weighted by atomic mass is 9.75. The molecule has 1 fully saturated rings. The molecule has 0 spiro atoms. The van der Waals surface area contributed by atoms with Gasteiger partial charge < -0.3 is 19.6 Å². The number of ether oxygens (including phenoxy) is 1. The van der Waals surface area contributed by atoms with Crippen LogP contribution in [0, 0.1) is 0 Å². The fourth-order valence-corrected chi connectivity index (χ4v) is 10.4. The molecular weight excluding hydrogens is 927 g/mol. The minimum absolute atomic E-state index is 0.00458. The predicted octanol–water partition coefficient (Wildman–Crippen LogP) is 2.49. The molecule has 0 radical (unpaired) electrons. The van der Waals surface area contributed by atoms with Gasteiger partial charge in [-0.05, 0) is 94.0 Å². The molecular formula is C39H50N3O18S4+. The van der Waals surface area contributed by atoms with E-state index >= 15 is 0 Å². The van der Waals surface area contributed by atoms with E-state index in [2.05, 4.69) is 0 Å². The van der Waals surface area contributed by atoms with Crippen molar-refractivity contribution in [1.29, 1.82) is 0 Å². The average Bonchev–Trinajstić information content (AvgIpc) is 3.69. The normalized spacial score (nSPS) is 21.3. The lowest BCUT2D eigenvalue weighted by molar-refractivity contribution is -0.441. The van der Waals surface area contributed by atoms with Gasteiger partial charge in [0.15, 0.2) is 12.3 Å². The molecule has 2 unspecified atom stereocenters. The van der Waals surface area contributed by atoms with Crippen molar-refractivity contribution in [3.8, 4) is 0 Å². The van der Waals surface area contributed by atoms with E-state index in [9.17, 15) is 71.4 Å². The molecule has 5 rings (SSSR count). The van der Waals surface area contributed by atoms with Gasteiger partial charge in [0, 0.05) is 53.9 Å². The minimum Gasteiger partial charge on any atom is -0.390 e. The number of aliphatic hydroxyl groups is 1. The molecule has 0 aliphatic carbocycles. The second kappa shape index (κ2) is 19.2. The first-order chi connectivity index (χ1) is 29.6. The number of nitrogens with zero attached hydrogens (tertiary/aromatic N) is 3. The number of anilines is 1. The zero-order valence-corrected chi connectivity index (χ0v) is 38.3. The topological polar surface area (TPSA) is 317 Å². The van der Waals surface area contributed by atoms with Gasteiger partial charge in [-0.25, -0.2) is 4.79 Å². The Bertz CT molecular complexity index is 2750. The summed E-state index contributed by atoms with van der Waals surface area (Å²) in [5.41, 5.74) is 0.477.